The van der Waals surface area contributed by atoms with Gasteiger partial charge in [0.25, 0.3) is 0 Å². The fraction of sp³-hybridized carbons (Fsp3) is 0.263. The first-order valence-corrected chi connectivity index (χ1v) is 9.20. The minimum Gasteiger partial charge on any atom is -0.324 e. The Labute approximate surface area is 146 Å². The summed E-state index contributed by atoms with van der Waals surface area (Å²) in [6.07, 6.45) is 2.02. The summed E-state index contributed by atoms with van der Waals surface area (Å²) in [6.45, 7) is 4.45. The number of hydrogen-bond acceptors (Lipinski definition) is 3. The van der Waals surface area contributed by atoms with Crippen LogP contribution in [-0.4, -0.2) is 21.7 Å². The molecule has 3 rings (SSSR count). The fourth-order valence-corrected chi connectivity index (χ4v) is 3.21. The van der Waals surface area contributed by atoms with E-state index in [0.29, 0.717) is 0 Å². The maximum atomic E-state index is 12.5. The summed E-state index contributed by atoms with van der Waals surface area (Å²) in [5, 5.41) is 2.98. The number of amides is 1. The lowest BCUT2D eigenvalue weighted by molar-refractivity contribution is -0.116. The molecule has 0 atom stereocenters. The molecule has 3 aromatic rings. The number of fused-ring (bicyclic) bond motifs is 1. The molecule has 1 aromatic heterocycles. The van der Waals surface area contributed by atoms with Crippen LogP contribution in [0.25, 0.3) is 11.0 Å². The standard InChI is InChI=1S/C19H21N3OS/c1-13(2)19-21-16-9-4-5-10-17(16)22(19)12-18(23)20-14-7-6-8-15(11-14)24-3/h4-11,13H,12H2,1-3H3,(H,20,23). The zero-order valence-electron chi connectivity index (χ0n) is 14.1. The molecular weight excluding hydrogens is 318 g/mol. The van der Waals surface area contributed by atoms with Crippen molar-refractivity contribution in [3.63, 3.8) is 0 Å². The lowest BCUT2D eigenvalue weighted by Gasteiger charge is -2.12. The van der Waals surface area contributed by atoms with Gasteiger partial charge in [-0.25, -0.2) is 4.98 Å². The van der Waals surface area contributed by atoms with Crippen LogP contribution in [0.3, 0.4) is 0 Å². The minimum atomic E-state index is -0.0432. The molecular formula is C19H21N3OS. The second-order valence-electron chi connectivity index (χ2n) is 5.98. The number of anilines is 1. The van der Waals surface area contributed by atoms with Crippen molar-refractivity contribution in [2.24, 2.45) is 0 Å². The van der Waals surface area contributed by atoms with Crippen LogP contribution in [0.2, 0.25) is 0 Å². The number of thioether (sulfide) groups is 1. The molecule has 0 aliphatic rings. The maximum absolute atomic E-state index is 12.5. The largest absolute Gasteiger partial charge is 0.324 e. The molecule has 1 heterocycles. The molecule has 0 saturated heterocycles. The van der Waals surface area contributed by atoms with E-state index in [1.165, 1.54) is 0 Å². The van der Waals surface area contributed by atoms with E-state index in [1.54, 1.807) is 11.8 Å². The molecule has 0 aliphatic carbocycles. The van der Waals surface area contributed by atoms with Crippen LogP contribution in [0, 0.1) is 0 Å². The number of hydrogen-bond donors (Lipinski definition) is 1. The molecule has 0 bridgehead atoms. The van der Waals surface area contributed by atoms with Crippen LogP contribution in [0.1, 0.15) is 25.6 Å². The lowest BCUT2D eigenvalue weighted by atomic mass is 10.2. The summed E-state index contributed by atoms with van der Waals surface area (Å²) in [5.74, 6) is 1.15. The summed E-state index contributed by atoms with van der Waals surface area (Å²) < 4.78 is 2.01. The van der Waals surface area contributed by atoms with E-state index in [1.807, 2.05) is 59.4 Å². The first-order valence-electron chi connectivity index (χ1n) is 7.97. The molecule has 24 heavy (non-hydrogen) atoms. The Bertz CT molecular complexity index is 870. The third-order valence-electron chi connectivity index (χ3n) is 3.86. The van der Waals surface area contributed by atoms with Crippen LogP contribution in [-0.2, 0) is 11.3 Å². The quantitative estimate of drug-likeness (QED) is 0.695. The second-order valence-corrected chi connectivity index (χ2v) is 6.86. The molecule has 0 unspecified atom stereocenters. The molecule has 1 N–H and O–H groups in total. The van der Waals surface area contributed by atoms with Gasteiger partial charge in [-0.1, -0.05) is 32.0 Å². The molecule has 2 aromatic carbocycles. The molecule has 5 heteroatoms. The van der Waals surface area contributed by atoms with Crippen LogP contribution in [0.5, 0.6) is 0 Å². The van der Waals surface area contributed by atoms with Gasteiger partial charge < -0.3 is 9.88 Å². The van der Waals surface area contributed by atoms with E-state index in [0.717, 1.165) is 27.4 Å². The number of para-hydroxylation sites is 2. The van der Waals surface area contributed by atoms with Crippen molar-refractivity contribution in [2.75, 3.05) is 11.6 Å². The summed E-state index contributed by atoms with van der Waals surface area (Å²) in [6, 6.07) is 15.8. The van der Waals surface area contributed by atoms with Gasteiger partial charge in [0.1, 0.15) is 12.4 Å². The predicted molar refractivity (Wildman–Crippen MR) is 101 cm³/mol. The lowest BCUT2D eigenvalue weighted by Crippen LogP contribution is -2.20. The average molecular weight is 339 g/mol. The summed E-state index contributed by atoms with van der Waals surface area (Å²) in [4.78, 5) is 18.3. The average Bonchev–Trinajstić information content (AvgIpc) is 2.94. The zero-order chi connectivity index (χ0) is 17.1. The molecule has 0 saturated carbocycles. The number of benzene rings is 2. The highest BCUT2D eigenvalue weighted by Gasteiger charge is 2.16. The number of nitrogens with zero attached hydrogens (tertiary/aromatic N) is 2. The number of rotatable bonds is 5. The Hall–Kier alpha value is -2.27. The highest BCUT2D eigenvalue weighted by Crippen LogP contribution is 2.22. The Morgan fingerprint density at radius 2 is 2.00 bits per heavy atom. The molecule has 0 aliphatic heterocycles. The van der Waals surface area contributed by atoms with E-state index in [2.05, 4.69) is 24.1 Å². The number of imidazole rings is 1. The highest BCUT2D eigenvalue weighted by molar-refractivity contribution is 7.98. The molecule has 0 spiro atoms. The van der Waals surface area contributed by atoms with Gasteiger partial charge in [-0.2, -0.15) is 0 Å². The van der Waals surface area contributed by atoms with E-state index in [9.17, 15) is 4.79 Å². The SMILES string of the molecule is CSc1cccc(NC(=O)Cn2c(C(C)C)nc3ccccc32)c1. The van der Waals surface area contributed by atoms with Gasteiger partial charge in [0.2, 0.25) is 5.91 Å². The normalized spacial score (nSPS) is 11.2. The van der Waals surface area contributed by atoms with E-state index in [4.69, 9.17) is 0 Å². The van der Waals surface area contributed by atoms with Gasteiger partial charge in [-0.3, -0.25) is 4.79 Å². The maximum Gasteiger partial charge on any atom is 0.244 e. The molecule has 0 fully saturated rings. The van der Waals surface area contributed by atoms with Crippen LogP contribution >= 0.6 is 11.8 Å². The number of carbonyl (C=O) groups is 1. The topological polar surface area (TPSA) is 46.9 Å². The highest BCUT2D eigenvalue weighted by atomic mass is 32.2. The van der Waals surface area contributed by atoms with Crippen LogP contribution in [0.15, 0.2) is 53.4 Å². The smallest absolute Gasteiger partial charge is 0.244 e. The number of nitrogens with one attached hydrogen (secondary N) is 1. The predicted octanol–water partition coefficient (Wildman–Crippen LogP) is 4.52. The first-order chi connectivity index (χ1) is 11.6. The van der Waals surface area contributed by atoms with Crippen LogP contribution < -0.4 is 5.32 Å². The Kier molecular flexibility index (Phi) is 4.90. The number of carbonyl (C=O) groups excluding carboxylic acids is 1. The summed E-state index contributed by atoms with van der Waals surface area (Å²) in [7, 11) is 0. The zero-order valence-corrected chi connectivity index (χ0v) is 14.9. The second kappa shape index (κ2) is 7.09. The van der Waals surface area contributed by atoms with Gasteiger partial charge >= 0.3 is 0 Å². The number of aromatic nitrogens is 2. The van der Waals surface area contributed by atoms with Crippen molar-refractivity contribution in [1.29, 1.82) is 0 Å². The van der Waals surface area contributed by atoms with Crippen molar-refractivity contribution < 1.29 is 4.79 Å². The van der Waals surface area contributed by atoms with Gasteiger partial charge in [-0.05, 0) is 36.6 Å². The fourth-order valence-electron chi connectivity index (χ4n) is 2.75. The molecule has 1 amide bonds. The third-order valence-corrected chi connectivity index (χ3v) is 4.58. The van der Waals surface area contributed by atoms with Gasteiger partial charge in [0, 0.05) is 16.5 Å². The van der Waals surface area contributed by atoms with E-state index in [-0.39, 0.29) is 18.4 Å². The van der Waals surface area contributed by atoms with Gasteiger partial charge in [0.05, 0.1) is 11.0 Å². The molecule has 4 nitrogen and oxygen atoms in total. The Balaban J connectivity index is 1.86. The summed E-state index contributed by atoms with van der Waals surface area (Å²) in [5.41, 5.74) is 2.75. The Morgan fingerprint density at radius 3 is 2.75 bits per heavy atom. The van der Waals surface area contributed by atoms with Gasteiger partial charge in [-0.15, -0.1) is 11.8 Å². The first kappa shape index (κ1) is 16.6. The van der Waals surface area contributed by atoms with Crippen molar-refractivity contribution in [3.8, 4) is 0 Å². The van der Waals surface area contributed by atoms with Crippen molar-refractivity contribution in [2.45, 2.75) is 31.2 Å². The van der Waals surface area contributed by atoms with Gasteiger partial charge in [0.15, 0.2) is 0 Å². The van der Waals surface area contributed by atoms with Crippen molar-refractivity contribution >= 4 is 34.4 Å². The van der Waals surface area contributed by atoms with E-state index >= 15 is 0 Å². The summed E-state index contributed by atoms with van der Waals surface area (Å²) >= 11 is 1.66. The van der Waals surface area contributed by atoms with Crippen molar-refractivity contribution in [1.82, 2.24) is 9.55 Å². The van der Waals surface area contributed by atoms with Crippen LogP contribution in [0.4, 0.5) is 5.69 Å². The Morgan fingerprint density at radius 1 is 1.21 bits per heavy atom. The third kappa shape index (κ3) is 3.46. The molecule has 0 radical (unpaired) electrons. The monoisotopic (exact) mass is 339 g/mol. The minimum absolute atomic E-state index is 0.0432. The van der Waals surface area contributed by atoms with E-state index < -0.39 is 0 Å². The van der Waals surface area contributed by atoms with Crippen molar-refractivity contribution in [3.05, 3.63) is 54.4 Å². The molecule has 124 valence electrons.